The van der Waals surface area contributed by atoms with Crippen molar-refractivity contribution in [3.05, 3.63) is 58.8 Å². The van der Waals surface area contributed by atoms with Crippen LogP contribution in [0.1, 0.15) is 10.5 Å². The maximum Gasteiger partial charge on any atom is 0.276 e. The van der Waals surface area contributed by atoms with Crippen LogP contribution in [0.2, 0.25) is 0 Å². The zero-order valence-electron chi connectivity index (χ0n) is 11.6. The van der Waals surface area contributed by atoms with Crippen LogP contribution in [0.3, 0.4) is 0 Å². The average molecular weight is 297 g/mol. The lowest BCUT2D eigenvalue weighted by Crippen LogP contribution is -2.23. The molecule has 0 saturated carbocycles. The molecule has 0 aliphatic heterocycles. The van der Waals surface area contributed by atoms with Gasteiger partial charge in [-0.05, 0) is 24.3 Å². The molecule has 110 valence electrons. The summed E-state index contributed by atoms with van der Waals surface area (Å²) in [6.07, 6.45) is 1.23. The summed E-state index contributed by atoms with van der Waals surface area (Å²) in [4.78, 5) is 23.4. The summed E-state index contributed by atoms with van der Waals surface area (Å²) in [7, 11) is 1.48. The number of aromatic nitrogens is 4. The number of anilines is 1. The van der Waals surface area contributed by atoms with E-state index < -0.39 is 5.91 Å². The van der Waals surface area contributed by atoms with Crippen molar-refractivity contribution in [2.24, 2.45) is 7.05 Å². The summed E-state index contributed by atoms with van der Waals surface area (Å²) < 4.78 is 6.21. The summed E-state index contributed by atoms with van der Waals surface area (Å²) in [5.41, 5.74) is 1.10. The fraction of sp³-hybridized carbons (Fsp3) is 0.0714. The largest absolute Gasteiger partial charge is 0.423 e. The molecule has 2 heterocycles. The lowest BCUT2D eigenvalue weighted by molar-refractivity contribution is 0.102. The molecular formula is C14H11N5O3. The number of carbonyl (C=O) groups excluding carboxylic acids is 1. The number of nitrogens with zero attached hydrogens (tertiary/aromatic N) is 4. The molecule has 0 saturated heterocycles. The molecule has 0 aliphatic rings. The van der Waals surface area contributed by atoms with Crippen molar-refractivity contribution >= 4 is 11.6 Å². The Bertz CT molecular complexity index is 870. The fourth-order valence-electron chi connectivity index (χ4n) is 1.85. The quantitative estimate of drug-likeness (QED) is 0.776. The second-order valence-electron chi connectivity index (χ2n) is 4.46. The molecule has 0 fully saturated rings. The van der Waals surface area contributed by atoms with E-state index in [0.717, 1.165) is 4.68 Å². The zero-order valence-corrected chi connectivity index (χ0v) is 11.6. The van der Waals surface area contributed by atoms with Gasteiger partial charge in [0.1, 0.15) is 5.69 Å². The van der Waals surface area contributed by atoms with Gasteiger partial charge in [-0.15, -0.1) is 10.2 Å². The molecule has 0 aliphatic carbocycles. The van der Waals surface area contributed by atoms with E-state index in [9.17, 15) is 9.59 Å². The summed E-state index contributed by atoms with van der Waals surface area (Å²) in [5.74, 6) is -0.0605. The van der Waals surface area contributed by atoms with Gasteiger partial charge in [0, 0.05) is 24.4 Å². The Morgan fingerprint density at radius 1 is 1.27 bits per heavy atom. The number of rotatable bonds is 3. The first-order valence-electron chi connectivity index (χ1n) is 6.36. The molecule has 22 heavy (non-hydrogen) atoms. The molecule has 8 heteroatoms. The van der Waals surface area contributed by atoms with Crippen molar-refractivity contribution in [2.45, 2.75) is 0 Å². The van der Waals surface area contributed by atoms with E-state index in [4.69, 9.17) is 4.42 Å². The van der Waals surface area contributed by atoms with Crippen LogP contribution in [0, 0.1) is 0 Å². The smallest absolute Gasteiger partial charge is 0.276 e. The Morgan fingerprint density at radius 2 is 2.14 bits per heavy atom. The number of hydrogen-bond donors (Lipinski definition) is 1. The lowest BCUT2D eigenvalue weighted by atomic mass is 10.2. The highest BCUT2D eigenvalue weighted by Crippen LogP contribution is 2.20. The van der Waals surface area contributed by atoms with Crippen LogP contribution in [0.5, 0.6) is 0 Å². The van der Waals surface area contributed by atoms with Crippen LogP contribution in [-0.4, -0.2) is 25.9 Å². The molecule has 8 nitrogen and oxygen atoms in total. The first-order valence-corrected chi connectivity index (χ1v) is 6.36. The first kappa shape index (κ1) is 13.7. The molecule has 3 rings (SSSR count). The van der Waals surface area contributed by atoms with Crippen LogP contribution < -0.4 is 10.9 Å². The van der Waals surface area contributed by atoms with Gasteiger partial charge >= 0.3 is 0 Å². The normalized spacial score (nSPS) is 10.4. The Labute approximate surface area is 124 Å². The van der Waals surface area contributed by atoms with Crippen LogP contribution in [0.4, 0.5) is 5.69 Å². The van der Waals surface area contributed by atoms with Gasteiger partial charge < -0.3 is 9.73 Å². The molecule has 0 unspecified atom stereocenters. The van der Waals surface area contributed by atoms with Crippen molar-refractivity contribution in [1.82, 2.24) is 20.0 Å². The predicted octanol–water partition coefficient (Wildman–Crippen LogP) is 1.08. The molecule has 0 radical (unpaired) electrons. The third-order valence-electron chi connectivity index (χ3n) is 2.92. The van der Waals surface area contributed by atoms with E-state index in [1.807, 2.05) is 0 Å². The third kappa shape index (κ3) is 2.75. The minimum absolute atomic E-state index is 0.144. The third-order valence-corrected chi connectivity index (χ3v) is 2.92. The fourth-order valence-corrected chi connectivity index (χ4v) is 1.85. The molecule has 3 aromatic rings. The summed E-state index contributed by atoms with van der Waals surface area (Å²) in [6.45, 7) is 0. The van der Waals surface area contributed by atoms with Crippen molar-refractivity contribution in [1.29, 1.82) is 0 Å². The van der Waals surface area contributed by atoms with Gasteiger partial charge in [-0.3, -0.25) is 9.59 Å². The summed E-state index contributed by atoms with van der Waals surface area (Å²) in [5, 5.41) is 14.0. The van der Waals surface area contributed by atoms with E-state index in [1.54, 1.807) is 24.3 Å². The summed E-state index contributed by atoms with van der Waals surface area (Å²) >= 11 is 0. The Balaban J connectivity index is 1.83. The Morgan fingerprint density at radius 3 is 2.86 bits per heavy atom. The van der Waals surface area contributed by atoms with Gasteiger partial charge in [-0.25, -0.2) is 4.68 Å². The van der Waals surface area contributed by atoms with Gasteiger partial charge in [0.2, 0.25) is 12.3 Å². The topological polar surface area (TPSA) is 103 Å². The van der Waals surface area contributed by atoms with Crippen LogP contribution in [0.25, 0.3) is 11.5 Å². The molecule has 2 aromatic heterocycles. The minimum atomic E-state index is -0.418. The monoisotopic (exact) mass is 297 g/mol. The number of benzene rings is 1. The zero-order chi connectivity index (χ0) is 15.5. The maximum absolute atomic E-state index is 12.1. The van der Waals surface area contributed by atoms with E-state index in [-0.39, 0.29) is 11.3 Å². The lowest BCUT2D eigenvalue weighted by Gasteiger charge is -2.06. The van der Waals surface area contributed by atoms with Gasteiger partial charge in [0.25, 0.3) is 11.5 Å². The Kier molecular flexibility index (Phi) is 3.48. The number of aryl methyl sites for hydroxylation is 1. The first-order chi connectivity index (χ1) is 10.6. The van der Waals surface area contributed by atoms with Crippen LogP contribution in [-0.2, 0) is 7.05 Å². The van der Waals surface area contributed by atoms with Crippen LogP contribution >= 0.6 is 0 Å². The molecular weight excluding hydrogens is 286 g/mol. The van der Waals surface area contributed by atoms with Crippen molar-refractivity contribution in [2.75, 3.05) is 5.32 Å². The number of hydrogen-bond acceptors (Lipinski definition) is 6. The van der Waals surface area contributed by atoms with Crippen molar-refractivity contribution < 1.29 is 9.21 Å². The second kappa shape index (κ2) is 5.60. The van der Waals surface area contributed by atoms with Gasteiger partial charge in [0.15, 0.2) is 0 Å². The maximum atomic E-state index is 12.1. The van der Waals surface area contributed by atoms with Crippen LogP contribution in [0.15, 0.2) is 52.0 Å². The van der Waals surface area contributed by atoms with E-state index in [2.05, 4.69) is 20.6 Å². The Hall–Kier alpha value is -3.29. The average Bonchev–Trinajstić information content (AvgIpc) is 3.04. The molecule has 1 N–H and O–H groups in total. The van der Waals surface area contributed by atoms with E-state index in [0.29, 0.717) is 17.1 Å². The number of nitrogens with one attached hydrogen (secondary N) is 1. The minimum Gasteiger partial charge on any atom is -0.423 e. The number of carbonyl (C=O) groups is 1. The summed E-state index contributed by atoms with van der Waals surface area (Å²) in [6, 6.07) is 9.63. The highest BCUT2D eigenvalue weighted by Gasteiger charge is 2.10. The molecule has 1 aromatic carbocycles. The highest BCUT2D eigenvalue weighted by atomic mass is 16.4. The van der Waals surface area contributed by atoms with Gasteiger partial charge in [-0.1, -0.05) is 6.07 Å². The van der Waals surface area contributed by atoms with E-state index in [1.165, 1.54) is 25.6 Å². The molecule has 0 atom stereocenters. The molecule has 0 spiro atoms. The highest BCUT2D eigenvalue weighted by molar-refractivity contribution is 6.02. The van der Waals surface area contributed by atoms with Gasteiger partial charge in [-0.2, -0.15) is 5.10 Å². The molecule has 0 bridgehead atoms. The van der Waals surface area contributed by atoms with E-state index >= 15 is 0 Å². The van der Waals surface area contributed by atoms with Crippen molar-refractivity contribution in [3.63, 3.8) is 0 Å². The second-order valence-corrected chi connectivity index (χ2v) is 4.46. The standard InChI is InChI=1S/C14H11N5O3/c1-19-12(20)6-5-11(18-19)13(21)16-10-4-2-3-9(7-10)14-17-15-8-22-14/h2-8H,1H3,(H,16,21). The van der Waals surface area contributed by atoms with Gasteiger partial charge in [0.05, 0.1) is 0 Å². The predicted molar refractivity (Wildman–Crippen MR) is 77.2 cm³/mol. The SMILES string of the molecule is Cn1nc(C(=O)Nc2cccc(-c3nnco3)c2)ccc1=O. The number of amides is 1. The van der Waals surface area contributed by atoms with Crippen molar-refractivity contribution in [3.8, 4) is 11.5 Å². The molecule has 1 amide bonds.